The van der Waals surface area contributed by atoms with Crippen molar-refractivity contribution in [2.24, 2.45) is 0 Å². The number of nitrogens with zero attached hydrogens (tertiary/aromatic N) is 1. The topological polar surface area (TPSA) is 69.6 Å². The molecule has 2 rings (SSSR count). The molecule has 0 saturated heterocycles. The number of aliphatic hydroxyl groups excluding tert-OH is 1. The van der Waals surface area contributed by atoms with E-state index in [-0.39, 0.29) is 11.5 Å². The number of aliphatic hydroxyl groups is 1. The van der Waals surface area contributed by atoms with Crippen LogP contribution in [0.25, 0.3) is 0 Å². The van der Waals surface area contributed by atoms with E-state index in [1.807, 2.05) is 31.1 Å². The summed E-state index contributed by atoms with van der Waals surface area (Å²) < 4.78 is 27.1. The second-order valence-corrected chi connectivity index (χ2v) is 6.53. The predicted molar refractivity (Wildman–Crippen MR) is 83.9 cm³/mol. The van der Waals surface area contributed by atoms with Crippen LogP contribution in [0.2, 0.25) is 0 Å². The lowest BCUT2D eigenvalue weighted by molar-refractivity contribution is 0.281. The molecule has 5 nitrogen and oxygen atoms in total. The fraction of sp³-hybridized carbons (Fsp3) is 0.200. The minimum absolute atomic E-state index is 0.130. The van der Waals surface area contributed by atoms with E-state index in [1.165, 1.54) is 12.1 Å². The molecule has 0 fully saturated rings. The molecule has 2 aromatic carbocycles. The highest BCUT2D eigenvalue weighted by Crippen LogP contribution is 2.20. The number of rotatable bonds is 5. The average Bonchev–Trinajstić information content (AvgIpc) is 2.47. The van der Waals surface area contributed by atoms with E-state index < -0.39 is 10.0 Å². The lowest BCUT2D eigenvalue weighted by atomic mass is 10.2. The Balaban J connectivity index is 2.24. The van der Waals surface area contributed by atoms with E-state index >= 15 is 0 Å². The van der Waals surface area contributed by atoms with Crippen molar-refractivity contribution in [1.82, 2.24) is 0 Å². The van der Waals surface area contributed by atoms with Crippen LogP contribution in [-0.2, 0) is 16.6 Å². The molecule has 0 heterocycles. The van der Waals surface area contributed by atoms with Crippen LogP contribution < -0.4 is 9.62 Å². The first-order valence-corrected chi connectivity index (χ1v) is 7.91. The zero-order valence-electron chi connectivity index (χ0n) is 11.9. The van der Waals surface area contributed by atoms with E-state index in [4.69, 9.17) is 5.11 Å². The largest absolute Gasteiger partial charge is 0.392 e. The van der Waals surface area contributed by atoms with Gasteiger partial charge in [-0.25, -0.2) is 8.42 Å². The smallest absolute Gasteiger partial charge is 0.261 e. The maximum absolute atomic E-state index is 12.3. The van der Waals surface area contributed by atoms with Crippen molar-refractivity contribution in [1.29, 1.82) is 0 Å². The molecule has 112 valence electrons. The Hall–Kier alpha value is -2.05. The zero-order valence-corrected chi connectivity index (χ0v) is 12.8. The summed E-state index contributed by atoms with van der Waals surface area (Å²) in [5.41, 5.74) is 2.04. The van der Waals surface area contributed by atoms with Gasteiger partial charge < -0.3 is 10.0 Å². The van der Waals surface area contributed by atoms with Crippen molar-refractivity contribution in [3.05, 3.63) is 54.1 Å². The Bertz CT molecular complexity index is 710. The van der Waals surface area contributed by atoms with E-state index in [1.54, 1.807) is 24.3 Å². The third-order valence-electron chi connectivity index (χ3n) is 3.03. The normalized spacial score (nSPS) is 11.2. The maximum Gasteiger partial charge on any atom is 0.261 e. The number of benzene rings is 2. The summed E-state index contributed by atoms with van der Waals surface area (Å²) >= 11 is 0. The van der Waals surface area contributed by atoms with Crippen LogP contribution in [0, 0.1) is 0 Å². The first-order chi connectivity index (χ1) is 9.92. The molecule has 21 heavy (non-hydrogen) atoms. The van der Waals surface area contributed by atoms with Gasteiger partial charge in [0.15, 0.2) is 0 Å². The molecule has 2 aromatic rings. The minimum Gasteiger partial charge on any atom is -0.392 e. The van der Waals surface area contributed by atoms with Gasteiger partial charge in [0.05, 0.1) is 11.5 Å². The summed E-state index contributed by atoms with van der Waals surface area (Å²) in [5, 5.41) is 9.08. The van der Waals surface area contributed by atoms with Gasteiger partial charge >= 0.3 is 0 Å². The van der Waals surface area contributed by atoms with Crippen LogP contribution in [-0.4, -0.2) is 27.6 Å². The molecule has 2 N–H and O–H groups in total. The molecule has 0 aliphatic heterocycles. The molecule has 0 amide bonds. The highest BCUT2D eigenvalue weighted by molar-refractivity contribution is 7.92. The summed E-state index contributed by atoms with van der Waals surface area (Å²) in [5.74, 6) is 0. The van der Waals surface area contributed by atoms with Crippen LogP contribution in [0.5, 0.6) is 0 Å². The van der Waals surface area contributed by atoms with Gasteiger partial charge in [-0.1, -0.05) is 12.1 Å². The highest BCUT2D eigenvalue weighted by Gasteiger charge is 2.14. The SMILES string of the molecule is CN(C)c1ccc(NS(=O)(=O)c2cccc(CO)c2)cc1. The molecular weight excluding hydrogens is 288 g/mol. The first kappa shape index (κ1) is 15.3. The summed E-state index contributed by atoms with van der Waals surface area (Å²) in [4.78, 5) is 2.06. The molecular formula is C15H18N2O3S. The number of anilines is 2. The van der Waals surface area contributed by atoms with Crippen molar-refractivity contribution in [3.63, 3.8) is 0 Å². The van der Waals surface area contributed by atoms with Crippen molar-refractivity contribution >= 4 is 21.4 Å². The Morgan fingerprint density at radius 2 is 1.76 bits per heavy atom. The Morgan fingerprint density at radius 1 is 1.10 bits per heavy atom. The second-order valence-electron chi connectivity index (χ2n) is 4.85. The first-order valence-electron chi connectivity index (χ1n) is 6.42. The summed E-state index contributed by atoms with van der Waals surface area (Å²) in [6.45, 7) is -0.194. The number of nitrogens with one attached hydrogen (secondary N) is 1. The van der Waals surface area contributed by atoms with Crippen molar-refractivity contribution in [2.75, 3.05) is 23.7 Å². The number of hydrogen-bond acceptors (Lipinski definition) is 4. The predicted octanol–water partition coefficient (Wildman–Crippen LogP) is 2.05. The van der Waals surface area contributed by atoms with Gasteiger partial charge in [0.25, 0.3) is 10.0 Å². The van der Waals surface area contributed by atoms with Crippen molar-refractivity contribution < 1.29 is 13.5 Å². The van der Waals surface area contributed by atoms with Crippen molar-refractivity contribution in [3.8, 4) is 0 Å². The highest BCUT2D eigenvalue weighted by atomic mass is 32.2. The lowest BCUT2D eigenvalue weighted by Crippen LogP contribution is -2.13. The van der Waals surface area contributed by atoms with Gasteiger partial charge in [-0.15, -0.1) is 0 Å². The van der Waals surface area contributed by atoms with E-state index in [0.717, 1.165) is 5.69 Å². The quantitative estimate of drug-likeness (QED) is 0.887. The van der Waals surface area contributed by atoms with Crippen molar-refractivity contribution in [2.45, 2.75) is 11.5 Å². The Labute approximate surface area is 124 Å². The van der Waals surface area contributed by atoms with E-state index in [9.17, 15) is 8.42 Å². The van der Waals surface area contributed by atoms with Gasteiger partial charge in [0, 0.05) is 25.5 Å². The molecule has 0 radical (unpaired) electrons. The van der Waals surface area contributed by atoms with Crippen LogP contribution in [0.1, 0.15) is 5.56 Å². The van der Waals surface area contributed by atoms with Crippen LogP contribution in [0.3, 0.4) is 0 Å². The molecule has 0 aliphatic carbocycles. The fourth-order valence-electron chi connectivity index (χ4n) is 1.85. The summed E-state index contributed by atoms with van der Waals surface area (Å²) in [6.07, 6.45) is 0. The Kier molecular flexibility index (Phi) is 4.50. The zero-order chi connectivity index (χ0) is 15.5. The van der Waals surface area contributed by atoms with Gasteiger partial charge in [-0.3, -0.25) is 4.72 Å². The molecule has 6 heteroatoms. The molecule has 0 aliphatic rings. The van der Waals surface area contributed by atoms with Gasteiger partial charge in [-0.05, 0) is 42.0 Å². The summed E-state index contributed by atoms with van der Waals surface area (Å²) in [7, 11) is 0.179. The van der Waals surface area contributed by atoms with E-state index in [0.29, 0.717) is 11.3 Å². The van der Waals surface area contributed by atoms with Gasteiger partial charge in [-0.2, -0.15) is 0 Å². The van der Waals surface area contributed by atoms with Gasteiger partial charge in [0.2, 0.25) is 0 Å². The molecule has 0 bridgehead atoms. The standard InChI is InChI=1S/C15H18N2O3S/c1-17(2)14-8-6-13(7-9-14)16-21(19,20)15-5-3-4-12(10-15)11-18/h3-10,16,18H,11H2,1-2H3. The van der Waals surface area contributed by atoms with Gasteiger partial charge in [0.1, 0.15) is 0 Å². The Morgan fingerprint density at radius 3 is 2.33 bits per heavy atom. The summed E-state index contributed by atoms with van der Waals surface area (Å²) in [6, 6.07) is 13.3. The third kappa shape index (κ3) is 3.74. The molecule has 0 unspecified atom stereocenters. The number of sulfonamides is 1. The molecule has 0 spiro atoms. The van der Waals surface area contributed by atoms with E-state index in [2.05, 4.69) is 4.72 Å². The van der Waals surface area contributed by atoms with Crippen LogP contribution in [0.4, 0.5) is 11.4 Å². The number of hydrogen-bond donors (Lipinski definition) is 2. The third-order valence-corrected chi connectivity index (χ3v) is 4.41. The maximum atomic E-state index is 12.3. The van der Waals surface area contributed by atoms with Crippen LogP contribution >= 0.6 is 0 Å². The lowest BCUT2D eigenvalue weighted by Gasteiger charge is -2.13. The molecule has 0 aromatic heterocycles. The second kappa shape index (κ2) is 6.15. The molecule has 0 saturated carbocycles. The van der Waals surface area contributed by atoms with Crippen LogP contribution in [0.15, 0.2) is 53.4 Å². The average molecular weight is 306 g/mol. The molecule has 0 atom stereocenters. The fourth-order valence-corrected chi connectivity index (χ4v) is 2.98. The monoisotopic (exact) mass is 306 g/mol. The minimum atomic E-state index is -3.65.